The van der Waals surface area contributed by atoms with Gasteiger partial charge in [-0.05, 0) is 25.7 Å². The quantitative estimate of drug-likeness (QED) is 0.797. The Balaban J connectivity index is 1.49. The summed E-state index contributed by atoms with van der Waals surface area (Å²) in [5, 5.41) is 6.36. The number of carbonyl (C=O) groups excluding carboxylic acids is 2. The highest BCUT2D eigenvalue weighted by Gasteiger charge is 2.39. The number of hydrogen-bond acceptors (Lipinski definition) is 5. The molecule has 9 heteroatoms. The Morgan fingerprint density at radius 1 is 1.28 bits per heavy atom. The first-order valence-electron chi connectivity index (χ1n) is 10.1. The maximum Gasteiger partial charge on any atom is 0.413 e. The summed E-state index contributed by atoms with van der Waals surface area (Å²) < 4.78 is 37.3. The van der Waals surface area contributed by atoms with Gasteiger partial charge in [0.25, 0.3) is 0 Å². The molecule has 1 aromatic heterocycles. The van der Waals surface area contributed by atoms with Crippen LogP contribution in [0.3, 0.4) is 0 Å². The van der Waals surface area contributed by atoms with Gasteiger partial charge in [-0.1, -0.05) is 25.9 Å². The average Bonchev–Trinajstić information content (AvgIpc) is 3.10. The summed E-state index contributed by atoms with van der Waals surface area (Å²) in [5.74, 6) is -2.23. The maximum atomic E-state index is 13.3. The molecule has 1 N–H and O–H groups in total. The van der Waals surface area contributed by atoms with Gasteiger partial charge in [0.05, 0.1) is 6.54 Å². The number of aromatic nitrogens is 1. The van der Waals surface area contributed by atoms with Crippen molar-refractivity contribution < 1.29 is 27.6 Å². The van der Waals surface area contributed by atoms with Gasteiger partial charge in [-0.15, -0.1) is 0 Å². The van der Waals surface area contributed by atoms with Crippen molar-refractivity contribution in [1.29, 1.82) is 0 Å². The third-order valence-electron chi connectivity index (χ3n) is 5.51. The fraction of sp³-hybridized carbons (Fsp3) is 0.750. The predicted molar refractivity (Wildman–Crippen MR) is 102 cm³/mol. The summed E-state index contributed by atoms with van der Waals surface area (Å²) in [6.07, 6.45) is 0.174. The highest BCUT2D eigenvalue weighted by Crippen LogP contribution is 2.37. The first kappa shape index (κ1) is 21.5. The van der Waals surface area contributed by atoms with E-state index in [0.29, 0.717) is 25.1 Å². The minimum Gasteiger partial charge on any atom is -0.444 e. The minimum atomic E-state index is -2.66. The Morgan fingerprint density at radius 3 is 2.59 bits per heavy atom. The molecule has 0 spiro atoms. The van der Waals surface area contributed by atoms with E-state index in [9.17, 15) is 18.4 Å². The largest absolute Gasteiger partial charge is 0.444 e. The summed E-state index contributed by atoms with van der Waals surface area (Å²) >= 11 is 0. The smallest absolute Gasteiger partial charge is 0.413 e. The number of piperidine rings is 1. The fourth-order valence-electron chi connectivity index (χ4n) is 3.75. The van der Waals surface area contributed by atoms with Crippen molar-refractivity contribution in [1.82, 2.24) is 10.1 Å². The lowest BCUT2D eigenvalue weighted by Crippen LogP contribution is -2.47. The van der Waals surface area contributed by atoms with E-state index in [2.05, 4.69) is 10.5 Å². The van der Waals surface area contributed by atoms with Crippen LogP contribution in [0.1, 0.15) is 65.1 Å². The van der Waals surface area contributed by atoms with Gasteiger partial charge >= 0.3 is 6.09 Å². The summed E-state index contributed by atoms with van der Waals surface area (Å²) in [6, 6.07) is 1.65. The molecule has 2 heterocycles. The normalized spacial score (nSPS) is 22.9. The first-order chi connectivity index (χ1) is 13.5. The Kier molecular flexibility index (Phi) is 6.14. The van der Waals surface area contributed by atoms with Gasteiger partial charge in [0.1, 0.15) is 11.9 Å². The Bertz CT molecular complexity index is 734. The molecule has 0 bridgehead atoms. The number of ether oxygens (including phenoxy) is 1. The van der Waals surface area contributed by atoms with Crippen LogP contribution in [0.15, 0.2) is 10.6 Å². The first-order valence-corrected chi connectivity index (χ1v) is 10.1. The molecule has 2 fully saturated rings. The molecule has 0 radical (unpaired) electrons. The average molecular weight is 413 g/mol. The molecule has 2 amide bonds. The van der Waals surface area contributed by atoms with E-state index in [4.69, 9.17) is 9.26 Å². The van der Waals surface area contributed by atoms with Crippen LogP contribution >= 0.6 is 0 Å². The van der Waals surface area contributed by atoms with Crippen molar-refractivity contribution >= 4 is 17.8 Å². The number of carbonyl (C=O) groups is 2. The second-order valence-electron chi connectivity index (χ2n) is 9.04. The zero-order chi connectivity index (χ0) is 21.2. The van der Waals surface area contributed by atoms with Crippen LogP contribution in [0.5, 0.6) is 0 Å². The van der Waals surface area contributed by atoms with Crippen molar-refractivity contribution in [3.05, 3.63) is 11.8 Å². The van der Waals surface area contributed by atoms with Crippen molar-refractivity contribution in [2.24, 2.45) is 5.92 Å². The molecule has 0 aromatic carbocycles. The standard InChI is InChI=1S/C20H29F2N3O4/c1-19(2,3)15-11-16(24-29-15)23-18(27)28-14-5-4-10-25(12-14)17(26)13-6-8-20(21,22)9-7-13/h11,13-14H,4-10,12H2,1-3H3,(H,23,24,27)/t14-/m0/s1. The topological polar surface area (TPSA) is 84.7 Å². The summed E-state index contributed by atoms with van der Waals surface area (Å²) in [6.45, 7) is 6.75. The number of nitrogens with one attached hydrogen (secondary N) is 1. The van der Waals surface area contributed by atoms with Crippen LogP contribution in [-0.2, 0) is 14.9 Å². The van der Waals surface area contributed by atoms with E-state index in [-0.39, 0.29) is 55.3 Å². The number of nitrogens with zero attached hydrogens (tertiary/aromatic N) is 2. The highest BCUT2D eigenvalue weighted by molar-refractivity contribution is 5.83. The molecule has 2 aliphatic rings. The summed E-state index contributed by atoms with van der Waals surface area (Å²) in [4.78, 5) is 26.5. The van der Waals surface area contributed by atoms with Gasteiger partial charge in [-0.25, -0.2) is 13.6 Å². The molecule has 162 valence electrons. The number of rotatable bonds is 3. The van der Waals surface area contributed by atoms with Crippen molar-refractivity contribution in [2.45, 2.75) is 76.7 Å². The number of halogens is 2. The molecule has 1 aliphatic heterocycles. The zero-order valence-electron chi connectivity index (χ0n) is 17.2. The fourth-order valence-corrected chi connectivity index (χ4v) is 3.75. The number of amides is 2. The molecular weight excluding hydrogens is 384 g/mol. The van der Waals surface area contributed by atoms with E-state index in [0.717, 1.165) is 0 Å². The lowest BCUT2D eigenvalue weighted by molar-refractivity contribution is -0.142. The van der Waals surface area contributed by atoms with Crippen LogP contribution in [-0.4, -0.2) is 47.2 Å². The van der Waals surface area contributed by atoms with Crippen LogP contribution in [0, 0.1) is 5.92 Å². The molecule has 1 atom stereocenters. The molecule has 3 rings (SSSR count). The second-order valence-corrected chi connectivity index (χ2v) is 9.04. The van der Waals surface area contributed by atoms with Crippen LogP contribution in [0.25, 0.3) is 0 Å². The number of likely N-dealkylation sites (tertiary alicyclic amines) is 1. The van der Waals surface area contributed by atoms with Gasteiger partial charge in [0.15, 0.2) is 5.82 Å². The highest BCUT2D eigenvalue weighted by atomic mass is 19.3. The molecule has 1 saturated carbocycles. The lowest BCUT2D eigenvalue weighted by atomic mass is 9.85. The van der Waals surface area contributed by atoms with Crippen molar-refractivity contribution in [3.8, 4) is 0 Å². The molecule has 1 aliphatic carbocycles. The number of hydrogen-bond donors (Lipinski definition) is 1. The molecule has 7 nitrogen and oxygen atoms in total. The van der Waals surface area contributed by atoms with E-state index in [1.165, 1.54) is 0 Å². The van der Waals surface area contributed by atoms with Gasteiger partial charge in [0, 0.05) is 36.8 Å². The molecular formula is C20H29F2N3O4. The maximum absolute atomic E-state index is 13.3. The summed E-state index contributed by atoms with van der Waals surface area (Å²) in [5.41, 5.74) is -0.232. The van der Waals surface area contributed by atoms with E-state index in [1.807, 2.05) is 20.8 Å². The monoisotopic (exact) mass is 413 g/mol. The van der Waals surface area contributed by atoms with Crippen molar-refractivity contribution in [3.63, 3.8) is 0 Å². The second kappa shape index (κ2) is 8.28. The van der Waals surface area contributed by atoms with Crippen LogP contribution in [0.4, 0.5) is 19.4 Å². The predicted octanol–water partition coefficient (Wildman–Crippen LogP) is 4.34. The van der Waals surface area contributed by atoms with Crippen LogP contribution < -0.4 is 5.32 Å². The minimum absolute atomic E-state index is 0.111. The van der Waals surface area contributed by atoms with Crippen LogP contribution in [0.2, 0.25) is 0 Å². The van der Waals surface area contributed by atoms with Gasteiger partial charge in [-0.3, -0.25) is 10.1 Å². The lowest BCUT2D eigenvalue weighted by Gasteiger charge is -2.36. The molecule has 0 unspecified atom stereocenters. The number of anilines is 1. The van der Waals surface area contributed by atoms with Crippen molar-refractivity contribution in [2.75, 3.05) is 18.4 Å². The Hall–Kier alpha value is -2.19. The van der Waals surface area contributed by atoms with E-state index < -0.39 is 18.1 Å². The molecule has 1 saturated heterocycles. The summed E-state index contributed by atoms with van der Waals surface area (Å²) in [7, 11) is 0. The SMILES string of the molecule is CC(C)(C)c1cc(NC(=O)O[C@H]2CCCN(C(=O)C3CCC(F)(F)CC3)C2)no1. The number of alkyl halides is 2. The van der Waals surface area contributed by atoms with E-state index >= 15 is 0 Å². The Morgan fingerprint density at radius 2 is 1.97 bits per heavy atom. The third kappa shape index (κ3) is 5.67. The Labute approximate surface area is 169 Å². The zero-order valence-corrected chi connectivity index (χ0v) is 17.2. The van der Waals surface area contributed by atoms with Gasteiger partial charge in [0.2, 0.25) is 11.8 Å². The third-order valence-corrected chi connectivity index (χ3v) is 5.51. The molecule has 29 heavy (non-hydrogen) atoms. The molecule has 1 aromatic rings. The van der Waals surface area contributed by atoms with Gasteiger partial charge < -0.3 is 14.2 Å². The van der Waals surface area contributed by atoms with E-state index in [1.54, 1.807) is 11.0 Å². The van der Waals surface area contributed by atoms with Gasteiger partial charge in [-0.2, -0.15) is 0 Å².